The molecule has 0 aliphatic carbocycles. The molecule has 0 aliphatic heterocycles. The fraction of sp³-hybridized carbons (Fsp3) is 0. The molecule has 0 aliphatic rings. The van der Waals surface area contributed by atoms with Crippen LogP contribution in [-0.2, 0) is 0 Å². The van der Waals surface area contributed by atoms with Crippen molar-refractivity contribution < 1.29 is 4.42 Å². The molecule has 268 valence electrons. The molecule has 0 unspecified atom stereocenters. The van der Waals surface area contributed by atoms with Crippen LogP contribution in [0.15, 0.2) is 217 Å². The monoisotopic (exact) mass is 745 g/mol. The lowest BCUT2D eigenvalue weighted by Crippen LogP contribution is -2.11. The van der Waals surface area contributed by atoms with Gasteiger partial charge in [0.1, 0.15) is 11.2 Å². The SMILES string of the molecule is c1ccc(-c2ccc(-c3c(N(c4ccc(-c5ccccc5)cc4)c4ccc(-c5ccc6sc7ccccc7c6c5)cc4)ccc4oc5ccccc5c34)cc2)cc1. The molecule has 11 aromatic rings. The van der Waals surface area contributed by atoms with Gasteiger partial charge in [0.25, 0.3) is 0 Å². The van der Waals surface area contributed by atoms with Crippen molar-refractivity contribution >= 4 is 70.5 Å². The van der Waals surface area contributed by atoms with Crippen LogP contribution >= 0.6 is 11.3 Å². The zero-order valence-electron chi connectivity index (χ0n) is 31.0. The smallest absolute Gasteiger partial charge is 0.136 e. The summed E-state index contributed by atoms with van der Waals surface area (Å²) < 4.78 is 9.15. The average Bonchev–Trinajstić information content (AvgIpc) is 3.86. The fourth-order valence-electron chi connectivity index (χ4n) is 8.31. The Labute approximate surface area is 335 Å². The Morgan fingerprint density at radius 3 is 1.49 bits per heavy atom. The summed E-state index contributed by atoms with van der Waals surface area (Å²) in [6.45, 7) is 0. The first-order valence-corrected chi connectivity index (χ1v) is 20.1. The molecule has 11 rings (SSSR count). The second kappa shape index (κ2) is 13.8. The van der Waals surface area contributed by atoms with Crippen LogP contribution < -0.4 is 4.90 Å². The van der Waals surface area contributed by atoms with Crippen molar-refractivity contribution in [2.24, 2.45) is 0 Å². The first-order chi connectivity index (χ1) is 28.2. The number of thiophene rings is 1. The van der Waals surface area contributed by atoms with Crippen LogP contribution in [0.5, 0.6) is 0 Å². The molecule has 0 bridgehead atoms. The minimum atomic E-state index is 0.869. The third-order valence-corrected chi connectivity index (χ3v) is 12.3. The van der Waals surface area contributed by atoms with Gasteiger partial charge >= 0.3 is 0 Å². The normalized spacial score (nSPS) is 11.5. The highest BCUT2D eigenvalue weighted by Gasteiger charge is 2.23. The number of hydrogen-bond donors (Lipinski definition) is 0. The lowest BCUT2D eigenvalue weighted by atomic mass is 9.94. The number of anilines is 3. The van der Waals surface area contributed by atoms with E-state index in [-0.39, 0.29) is 0 Å². The number of rotatable bonds is 7. The quantitative estimate of drug-likeness (QED) is 0.162. The van der Waals surface area contributed by atoms with E-state index in [1.165, 1.54) is 53.6 Å². The van der Waals surface area contributed by atoms with Gasteiger partial charge in [-0.3, -0.25) is 0 Å². The number of hydrogen-bond acceptors (Lipinski definition) is 3. The topological polar surface area (TPSA) is 16.4 Å². The van der Waals surface area contributed by atoms with Crippen molar-refractivity contribution in [2.45, 2.75) is 0 Å². The van der Waals surface area contributed by atoms with E-state index < -0.39 is 0 Å². The van der Waals surface area contributed by atoms with Crippen molar-refractivity contribution in [3.8, 4) is 44.5 Å². The molecule has 0 saturated carbocycles. The first-order valence-electron chi connectivity index (χ1n) is 19.3. The van der Waals surface area contributed by atoms with Crippen LogP contribution in [0.1, 0.15) is 0 Å². The van der Waals surface area contributed by atoms with E-state index in [9.17, 15) is 0 Å². The Balaban J connectivity index is 1.10. The van der Waals surface area contributed by atoms with Crippen molar-refractivity contribution in [2.75, 3.05) is 4.90 Å². The third kappa shape index (κ3) is 5.88. The van der Waals surface area contributed by atoms with Gasteiger partial charge in [0.15, 0.2) is 0 Å². The summed E-state index contributed by atoms with van der Waals surface area (Å²) in [6.07, 6.45) is 0. The van der Waals surface area contributed by atoms with Gasteiger partial charge in [0.05, 0.1) is 5.69 Å². The predicted octanol–water partition coefficient (Wildman–Crippen LogP) is 16.1. The maximum Gasteiger partial charge on any atom is 0.136 e. The zero-order valence-corrected chi connectivity index (χ0v) is 31.8. The summed E-state index contributed by atoms with van der Waals surface area (Å²) in [5.74, 6) is 0. The maximum absolute atomic E-state index is 6.52. The second-order valence-corrected chi connectivity index (χ2v) is 15.6. The Kier molecular flexibility index (Phi) is 8.04. The van der Waals surface area contributed by atoms with Crippen molar-refractivity contribution in [1.82, 2.24) is 0 Å². The van der Waals surface area contributed by atoms with E-state index in [1.807, 2.05) is 17.4 Å². The molecule has 0 fully saturated rings. The molecule has 3 heteroatoms. The summed E-state index contributed by atoms with van der Waals surface area (Å²) in [4.78, 5) is 2.40. The van der Waals surface area contributed by atoms with E-state index in [4.69, 9.17) is 4.42 Å². The van der Waals surface area contributed by atoms with Gasteiger partial charge in [-0.05, 0) is 99.6 Å². The van der Waals surface area contributed by atoms with E-state index in [0.29, 0.717) is 0 Å². The van der Waals surface area contributed by atoms with Crippen molar-refractivity contribution in [3.05, 3.63) is 212 Å². The molecule has 0 spiro atoms. The van der Waals surface area contributed by atoms with Crippen LogP contribution in [0.4, 0.5) is 17.1 Å². The summed E-state index contributed by atoms with van der Waals surface area (Å²) in [5, 5.41) is 4.82. The maximum atomic E-state index is 6.52. The predicted molar refractivity (Wildman–Crippen MR) is 243 cm³/mol. The van der Waals surface area contributed by atoms with Crippen molar-refractivity contribution in [1.29, 1.82) is 0 Å². The molecule has 57 heavy (non-hydrogen) atoms. The third-order valence-electron chi connectivity index (χ3n) is 11.1. The van der Waals surface area contributed by atoms with E-state index in [0.717, 1.165) is 50.1 Å². The summed E-state index contributed by atoms with van der Waals surface area (Å²) >= 11 is 1.85. The Morgan fingerprint density at radius 2 is 0.825 bits per heavy atom. The van der Waals surface area contributed by atoms with Gasteiger partial charge in [-0.2, -0.15) is 0 Å². The minimum Gasteiger partial charge on any atom is -0.456 e. The van der Waals surface area contributed by atoms with Crippen LogP contribution in [-0.4, -0.2) is 0 Å². The van der Waals surface area contributed by atoms with Crippen molar-refractivity contribution in [3.63, 3.8) is 0 Å². The molecular weight excluding hydrogens is 711 g/mol. The van der Waals surface area contributed by atoms with Gasteiger partial charge in [-0.15, -0.1) is 11.3 Å². The highest BCUT2D eigenvalue weighted by atomic mass is 32.1. The fourth-order valence-corrected chi connectivity index (χ4v) is 9.40. The standard InChI is InChI=1S/C54H35NOS/c1-3-11-36(12-4-1)38-19-21-41(22-20-38)53-48(32-33-50-54(53)46-16-7-9-17-49(46)56-50)55(43-28-23-39(24-29-43)37-13-5-2-6-14-37)44-30-25-40(26-31-44)42-27-34-52-47(35-42)45-15-8-10-18-51(45)57-52/h1-35H. The largest absolute Gasteiger partial charge is 0.456 e. The molecule has 0 N–H and O–H groups in total. The van der Waals surface area contributed by atoms with Crippen LogP contribution in [0.2, 0.25) is 0 Å². The molecule has 0 radical (unpaired) electrons. The number of para-hydroxylation sites is 1. The highest BCUT2D eigenvalue weighted by molar-refractivity contribution is 7.25. The number of nitrogens with zero attached hydrogens (tertiary/aromatic N) is 1. The molecule has 0 amide bonds. The molecule has 9 aromatic carbocycles. The van der Waals surface area contributed by atoms with Crippen LogP contribution in [0, 0.1) is 0 Å². The summed E-state index contributed by atoms with van der Waals surface area (Å²) in [7, 11) is 0. The molecular formula is C54H35NOS. The average molecular weight is 746 g/mol. The molecule has 0 saturated heterocycles. The van der Waals surface area contributed by atoms with Crippen LogP contribution in [0.3, 0.4) is 0 Å². The number of furan rings is 1. The lowest BCUT2D eigenvalue weighted by Gasteiger charge is -2.29. The zero-order chi connectivity index (χ0) is 37.7. The molecule has 2 nitrogen and oxygen atoms in total. The lowest BCUT2D eigenvalue weighted by molar-refractivity contribution is 0.669. The van der Waals surface area contributed by atoms with Gasteiger partial charge in [-0.25, -0.2) is 0 Å². The number of benzene rings is 9. The van der Waals surface area contributed by atoms with Gasteiger partial charge < -0.3 is 9.32 Å². The van der Waals surface area contributed by atoms with E-state index in [2.05, 4.69) is 211 Å². The number of fused-ring (bicyclic) bond motifs is 6. The minimum absolute atomic E-state index is 0.869. The van der Waals surface area contributed by atoms with Crippen LogP contribution in [0.25, 0.3) is 86.6 Å². The van der Waals surface area contributed by atoms with E-state index in [1.54, 1.807) is 0 Å². The molecule has 2 aromatic heterocycles. The Bertz CT molecular complexity index is 3200. The van der Waals surface area contributed by atoms with Gasteiger partial charge in [-0.1, -0.05) is 152 Å². The van der Waals surface area contributed by atoms with Gasteiger partial charge in [0, 0.05) is 47.9 Å². The highest BCUT2D eigenvalue weighted by Crippen LogP contribution is 2.48. The summed E-state index contributed by atoms with van der Waals surface area (Å²) in [5.41, 5.74) is 14.4. The Hall–Kier alpha value is -7.20. The van der Waals surface area contributed by atoms with E-state index >= 15 is 0 Å². The first kappa shape index (κ1) is 33.2. The molecule has 2 heterocycles. The van der Waals surface area contributed by atoms with Gasteiger partial charge in [0.2, 0.25) is 0 Å². The second-order valence-electron chi connectivity index (χ2n) is 14.5. The summed E-state index contributed by atoms with van der Waals surface area (Å²) in [6, 6.07) is 76.4. The molecule has 0 atom stereocenters. The Morgan fingerprint density at radius 1 is 0.333 bits per heavy atom.